The Labute approximate surface area is 148 Å². The Kier molecular flexibility index (Phi) is 6.05. The summed E-state index contributed by atoms with van der Waals surface area (Å²) in [6.45, 7) is 1.31. The highest BCUT2D eigenvalue weighted by Crippen LogP contribution is 2.25. The van der Waals surface area contributed by atoms with Crippen LogP contribution in [0.4, 0.5) is 5.69 Å². The van der Waals surface area contributed by atoms with E-state index >= 15 is 0 Å². The Morgan fingerprint density at radius 1 is 1.17 bits per heavy atom. The number of rotatable bonds is 6. The molecule has 126 valence electrons. The summed E-state index contributed by atoms with van der Waals surface area (Å²) < 4.78 is 0.350. The smallest absolute Gasteiger partial charge is 0.284 e. The fourth-order valence-electron chi connectivity index (χ4n) is 2.26. The first-order valence-electron chi connectivity index (χ1n) is 7.46. The van der Waals surface area contributed by atoms with Crippen LogP contribution in [0.25, 0.3) is 0 Å². The molecule has 2 N–H and O–H groups in total. The molecule has 2 rings (SSSR count). The molecule has 7 heteroatoms. The highest BCUT2D eigenvalue weighted by molar-refractivity contribution is 9.10. The van der Waals surface area contributed by atoms with E-state index in [0.29, 0.717) is 11.0 Å². The van der Waals surface area contributed by atoms with Crippen LogP contribution in [0.2, 0.25) is 0 Å². The molecular weight excluding hydrogens is 374 g/mol. The second-order valence-corrected chi connectivity index (χ2v) is 6.66. The molecule has 24 heavy (non-hydrogen) atoms. The summed E-state index contributed by atoms with van der Waals surface area (Å²) in [6.07, 6.45) is 0. The normalized spacial score (nSPS) is 10.7. The van der Waals surface area contributed by atoms with Crippen LogP contribution >= 0.6 is 15.9 Å². The average molecular weight is 393 g/mol. The number of nitrogens with zero attached hydrogens (tertiary/aromatic N) is 1. The molecule has 0 heterocycles. The van der Waals surface area contributed by atoms with Gasteiger partial charge in [0, 0.05) is 23.7 Å². The van der Waals surface area contributed by atoms with Gasteiger partial charge in [-0.1, -0.05) is 24.3 Å². The van der Waals surface area contributed by atoms with Gasteiger partial charge in [-0.25, -0.2) is 0 Å². The maximum Gasteiger partial charge on any atom is 0.284 e. The summed E-state index contributed by atoms with van der Waals surface area (Å²) in [4.78, 5) is 23.9. The highest BCUT2D eigenvalue weighted by Gasteiger charge is 2.15. The Morgan fingerprint density at radius 3 is 2.38 bits per heavy atom. The number of benzene rings is 2. The standard InChI is InChI=1S/C17H18BrN3O3/c1-20(2)11-13-5-3-12(4-6-13)10-19-17(22)14-7-8-15(18)16(9-14)21(23)24/h3-9H,10-11H2,1-2H3,(H,19,22)/p+1. The molecule has 2 aromatic rings. The monoisotopic (exact) mass is 392 g/mol. The Bertz CT molecular complexity index is 745. The summed E-state index contributed by atoms with van der Waals surface area (Å²) in [7, 11) is 4.18. The maximum atomic E-state index is 12.2. The lowest BCUT2D eigenvalue weighted by atomic mass is 10.1. The Morgan fingerprint density at radius 2 is 1.79 bits per heavy atom. The molecule has 0 aromatic heterocycles. The molecular formula is C17H19BrN3O3+. The van der Waals surface area contributed by atoms with E-state index in [9.17, 15) is 14.9 Å². The van der Waals surface area contributed by atoms with Crippen LogP contribution in [0, 0.1) is 10.1 Å². The number of amides is 1. The number of carbonyl (C=O) groups excluding carboxylic acids is 1. The molecule has 0 fully saturated rings. The first-order chi connectivity index (χ1) is 11.4. The minimum atomic E-state index is -0.522. The van der Waals surface area contributed by atoms with Crippen molar-refractivity contribution in [1.29, 1.82) is 0 Å². The van der Waals surface area contributed by atoms with Crippen molar-refractivity contribution in [1.82, 2.24) is 5.32 Å². The fraction of sp³-hybridized carbons (Fsp3) is 0.235. The van der Waals surface area contributed by atoms with Crippen molar-refractivity contribution in [3.8, 4) is 0 Å². The lowest BCUT2D eigenvalue weighted by molar-refractivity contribution is -0.872. The minimum Gasteiger partial charge on any atom is -0.348 e. The average Bonchev–Trinajstić information content (AvgIpc) is 2.53. The highest BCUT2D eigenvalue weighted by atomic mass is 79.9. The second kappa shape index (κ2) is 8.03. The van der Waals surface area contributed by atoms with Gasteiger partial charge >= 0.3 is 0 Å². The molecule has 1 amide bonds. The zero-order valence-electron chi connectivity index (χ0n) is 13.5. The molecule has 0 atom stereocenters. The Hall–Kier alpha value is -2.25. The van der Waals surface area contributed by atoms with E-state index < -0.39 is 4.92 Å². The minimum absolute atomic E-state index is 0.127. The van der Waals surface area contributed by atoms with Gasteiger partial charge < -0.3 is 10.2 Å². The number of nitro benzene ring substituents is 1. The van der Waals surface area contributed by atoms with E-state index in [0.717, 1.165) is 12.1 Å². The maximum absolute atomic E-state index is 12.2. The third kappa shape index (κ3) is 4.87. The molecule has 0 aliphatic rings. The number of carbonyl (C=O) groups is 1. The predicted molar refractivity (Wildman–Crippen MR) is 94.9 cm³/mol. The topological polar surface area (TPSA) is 76.7 Å². The van der Waals surface area contributed by atoms with Crippen molar-refractivity contribution in [3.05, 3.63) is 73.7 Å². The molecule has 0 spiro atoms. The number of hydrogen-bond donors (Lipinski definition) is 2. The first kappa shape index (κ1) is 18.1. The summed E-state index contributed by atoms with van der Waals surface area (Å²) >= 11 is 3.10. The lowest BCUT2D eigenvalue weighted by Gasteiger charge is -2.09. The molecule has 2 aromatic carbocycles. The van der Waals surface area contributed by atoms with Crippen molar-refractivity contribution < 1.29 is 14.6 Å². The quantitative estimate of drug-likeness (QED) is 0.582. The molecule has 0 unspecified atom stereocenters. The summed E-state index contributed by atoms with van der Waals surface area (Å²) in [6, 6.07) is 12.4. The number of hydrogen-bond acceptors (Lipinski definition) is 3. The van der Waals surface area contributed by atoms with Gasteiger partial charge in [0.25, 0.3) is 11.6 Å². The third-order valence-corrected chi connectivity index (χ3v) is 4.11. The first-order valence-corrected chi connectivity index (χ1v) is 8.25. The van der Waals surface area contributed by atoms with Gasteiger partial charge in [-0.05, 0) is 33.6 Å². The van der Waals surface area contributed by atoms with E-state index in [1.54, 1.807) is 6.07 Å². The summed E-state index contributed by atoms with van der Waals surface area (Å²) in [5.41, 5.74) is 2.34. The largest absolute Gasteiger partial charge is 0.348 e. The van der Waals surface area contributed by atoms with Crippen LogP contribution in [-0.4, -0.2) is 24.9 Å². The zero-order chi connectivity index (χ0) is 17.7. The SMILES string of the molecule is C[NH+](C)Cc1ccc(CNC(=O)c2ccc(Br)c([N+](=O)[O-])c2)cc1. The van der Waals surface area contributed by atoms with Crippen LogP contribution in [0.5, 0.6) is 0 Å². The van der Waals surface area contributed by atoms with Crippen LogP contribution in [0.15, 0.2) is 46.9 Å². The van der Waals surface area contributed by atoms with Gasteiger partial charge in [-0.2, -0.15) is 0 Å². The third-order valence-electron chi connectivity index (χ3n) is 3.44. The summed E-state index contributed by atoms with van der Waals surface area (Å²) in [5.74, 6) is -0.340. The molecule has 0 saturated heterocycles. The fourth-order valence-corrected chi connectivity index (χ4v) is 2.65. The molecule has 0 saturated carbocycles. The molecule has 0 aliphatic heterocycles. The number of halogens is 1. The van der Waals surface area contributed by atoms with Gasteiger partial charge in [0.1, 0.15) is 6.54 Å². The van der Waals surface area contributed by atoms with E-state index in [1.807, 2.05) is 24.3 Å². The predicted octanol–water partition coefficient (Wildman–Crippen LogP) is 1.93. The Balaban J connectivity index is 2.00. The van der Waals surface area contributed by atoms with Gasteiger partial charge in [0.15, 0.2) is 0 Å². The van der Waals surface area contributed by atoms with E-state index in [-0.39, 0.29) is 17.2 Å². The summed E-state index contributed by atoms with van der Waals surface area (Å²) in [5, 5.41) is 13.7. The van der Waals surface area contributed by atoms with E-state index in [2.05, 4.69) is 35.3 Å². The van der Waals surface area contributed by atoms with Crippen molar-refractivity contribution in [2.45, 2.75) is 13.1 Å². The van der Waals surface area contributed by atoms with Crippen LogP contribution < -0.4 is 10.2 Å². The van der Waals surface area contributed by atoms with Crippen LogP contribution in [0.3, 0.4) is 0 Å². The van der Waals surface area contributed by atoms with Crippen molar-refractivity contribution in [2.24, 2.45) is 0 Å². The van der Waals surface area contributed by atoms with Gasteiger partial charge in [-0.15, -0.1) is 0 Å². The van der Waals surface area contributed by atoms with Gasteiger partial charge in [-0.3, -0.25) is 14.9 Å². The lowest BCUT2D eigenvalue weighted by Crippen LogP contribution is -3.04. The molecule has 0 bridgehead atoms. The van der Waals surface area contributed by atoms with Gasteiger partial charge in [0.05, 0.1) is 23.5 Å². The van der Waals surface area contributed by atoms with Crippen LogP contribution in [-0.2, 0) is 13.1 Å². The molecule has 0 aliphatic carbocycles. The van der Waals surface area contributed by atoms with Crippen molar-refractivity contribution in [2.75, 3.05) is 14.1 Å². The van der Waals surface area contributed by atoms with Crippen molar-refractivity contribution in [3.63, 3.8) is 0 Å². The number of nitro groups is 1. The van der Waals surface area contributed by atoms with E-state index in [1.165, 1.54) is 22.6 Å². The zero-order valence-corrected chi connectivity index (χ0v) is 15.1. The number of quaternary nitrogens is 1. The number of nitrogens with one attached hydrogen (secondary N) is 2. The second-order valence-electron chi connectivity index (χ2n) is 5.81. The molecule has 6 nitrogen and oxygen atoms in total. The van der Waals surface area contributed by atoms with Crippen LogP contribution in [0.1, 0.15) is 21.5 Å². The van der Waals surface area contributed by atoms with E-state index in [4.69, 9.17) is 0 Å². The van der Waals surface area contributed by atoms with Crippen molar-refractivity contribution >= 4 is 27.5 Å². The molecule has 0 radical (unpaired) electrons. The van der Waals surface area contributed by atoms with Gasteiger partial charge in [0.2, 0.25) is 0 Å².